The van der Waals surface area contributed by atoms with Crippen molar-refractivity contribution in [2.45, 2.75) is 20.0 Å². The summed E-state index contributed by atoms with van der Waals surface area (Å²) in [6.07, 6.45) is -0.516. The van der Waals surface area contributed by atoms with Crippen LogP contribution in [0.3, 0.4) is 0 Å². The number of benzene rings is 1. The van der Waals surface area contributed by atoms with E-state index in [9.17, 15) is 5.11 Å². The molecule has 0 aliphatic carbocycles. The number of hydrogen-bond donors (Lipinski definition) is 1. The summed E-state index contributed by atoms with van der Waals surface area (Å²) in [6.45, 7) is 4.28. The average molecular weight is 297 g/mol. The van der Waals surface area contributed by atoms with Gasteiger partial charge in [-0.15, -0.1) is 0 Å². The monoisotopic (exact) mass is 296 g/mol. The molecule has 4 heteroatoms. The van der Waals surface area contributed by atoms with E-state index in [0.717, 1.165) is 15.7 Å². The van der Waals surface area contributed by atoms with Crippen LogP contribution in [0.4, 0.5) is 5.69 Å². The van der Waals surface area contributed by atoms with Crippen LogP contribution in [0.15, 0.2) is 22.7 Å². The maximum atomic E-state index is 9.73. The Balaban J connectivity index is 3.02. The van der Waals surface area contributed by atoms with E-state index in [1.54, 1.807) is 6.92 Å². The number of nitrogens with zero attached hydrogens (tertiary/aromatic N) is 2. The molecule has 0 heterocycles. The highest BCUT2D eigenvalue weighted by atomic mass is 79.9. The summed E-state index contributed by atoms with van der Waals surface area (Å²) >= 11 is 3.42. The summed E-state index contributed by atoms with van der Waals surface area (Å²) in [4.78, 5) is 2.00. The lowest BCUT2D eigenvalue weighted by Crippen LogP contribution is -2.24. The molecule has 1 rings (SSSR count). The Labute approximate surface area is 111 Å². The van der Waals surface area contributed by atoms with Crippen molar-refractivity contribution in [3.8, 4) is 6.07 Å². The van der Waals surface area contributed by atoms with Crippen LogP contribution < -0.4 is 4.90 Å². The molecule has 0 aromatic heterocycles. The maximum absolute atomic E-state index is 9.73. The fourth-order valence-corrected chi connectivity index (χ4v) is 2.10. The van der Waals surface area contributed by atoms with Gasteiger partial charge in [-0.2, -0.15) is 5.26 Å². The molecule has 1 aromatic carbocycles. The molecule has 0 saturated carbocycles. The molecule has 0 amide bonds. The first-order valence-corrected chi connectivity index (χ1v) is 6.33. The summed E-state index contributed by atoms with van der Waals surface area (Å²) in [7, 11) is 1.93. The molecule has 2 unspecified atom stereocenters. The number of aliphatic hydroxyl groups excluding tert-OH is 1. The molecule has 1 aromatic rings. The number of aliphatic hydroxyl groups is 1. The third kappa shape index (κ3) is 3.72. The van der Waals surface area contributed by atoms with Gasteiger partial charge in [-0.25, -0.2) is 0 Å². The van der Waals surface area contributed by atoms with Gasteiger partial charge < -0.3 is 10.0 Å². The lowest BCUT2D eigenvalue weighted by molar-refractivity contribution is 0.199. The van der Waals surface area contributed by atoms with Crippen molar-refractivity contribution in [3.05, 3.63) is 28.2 Å². The molecule has 2 atom stereocenters. The van der Waals surface area contributed by atoms with E-state index >= 15 is 0 Å². The minimum absolute atomic E-state index is 0.0409. The molecular formula is C13H17BrN2O. The van der Waals surface area contributed by atoms with Crippen LogP contribution in [-0.4, -0.2) is 18.7 Å². The van der Waals surface area contributed by atoms with Crippen molar-refractivity contribution in [1.82, 2.24) is 0 Å². The zero-order valence-electron chi connectivity index (χ0n) is 10.3. The van der Waals surface area contributed by atoms with E-state index in [0.29, 0.717) is 6.54 Å². The SMILES string of the molecule is CC(C#N)CN(C)c1cc(Br)ccc1C(C)O. The highest BCUT2D eigenvalue weighted by Crippen LogP contribution is 2.29. The minimum atomic E-state index is -0.516. The van der Waals surface area contributed by atoms with E-state index in [-0.39, 0.29) is 5.92 Å². The molecule has 0 aliphatic heterocycles. The van der Waals surface area contributed by atoms with Crippen LogP contribution >= 0.6 is 15.9 Å². The van der Waals surface area contributed by atoms with Crippen molar-refractivity contribution in [2.24, 2.45) is 5.92 Å². The highest BCUT2D eigenvalue weighted by molar-refractivity contribution is 9.10. The van der Waals surface area contributed by atoms with Crippen LogP contribution in [0.25, 0.3) is 0 Å². The number of rotatable bonds is 4. The lowest BCUT2D eigenvalue weighted by atomic mass is 10.1. The predicted molar refractivity (Wildman–Crippen MR) is 72.8 cm³/mol. The zero-order chi connectivity index (χ0) is 13.0. The van der Waals surface area contributed by atoms with Gasteiger partial charge >= 0.3 is 0 Å². The van der Waals surface area contributed by atoms with Crippen molar-refractivity contribution in [1.29, 1.82) is 5.26 Å². The van der Waals surface area contributed by atoms with E-state index < -0.39 is 6.10 Å². The quantitative estimate of drug-likeness (QED) is 0.929. The number of hydrogen-bond acceptors (Lipinski definition) is 3. The minimum Gasteiger partial charge on any atom is -0.389 e. The highest BCUT2D eigenvalue weighted by Gasteiger charge is 2.14. The standard InChI is InChI=1S/C13H17BrN2O/c1-9(7-15)8-16(3)13-6-11(14)4-5-12(13)10(2)17/h4-6,9-10,17H,8H2,1-3H3. The smallest absolute Gasteiger partial charge is 0.0782 e. The molecule has 92 valence electrons. The largest absolute Gasteiger partial charge is 0.389 e. The van der Waals surface area contributed by atoms with Gasteiger partial charge in [0.1, 0.15) is 0 Å². The second kappa shape index (κ2) is 6.04. The van der Waals surface area contributed by atoms with E-state index in [1.807, 2.05) is 37.1 Å². The molecule has 0 spiro atoms. The van der Waals surface area contributed by atoms with E-state index in [2.05, 4.69) is 22.0 Å². The van der Waals surface area contributed by atoms with E-state index in [4.69, 9.17) is 5.26 Å². The fraction of sp³-hybridized carbons (Fsp3) is 0.462. The van der Waals surface area contributed by atoms with Gasteiger partial charge in [0, 0.05) is 29.3 Å². The Morgan fingerprint density at radius 3 is 2.65 bits per heavy atom. The predicted octanol–water partition coefficient (Wildman–Crippen LogP) is 3.10. The van der Waals surface area contributed by atoms with E-state index in [1.165, 1.54) is 0 Å². The summed E-state index contributed by atoms with van der Waals surface area (Å²) < 4.78 is 0.966. The Hall–Kier alpha value is -1.05. The molecule has 3 nitrogen and oxygen atoms in total. The Kier molecular flexibility index (Phi) is 4.98. The van der Waals surface area contributed by atoms with Crippen LogP contribution in [-0.2, 0) is 0 Å². The van der Waals surface area contributed by atoms with Gasteiger partial charge in [-0.3, -0.25) is 0 Å². The summed E-state index contributed by atoms with van der Waals surface area (Å²) in [5.74, 6) is -0.0409. The molecule has 0 fully saturated rings. The maximum Gasteiger partial charge on any atom is 0.0782 e. The third-order valence-electron chi connectivity index (χ3n) is 2.62. The van der Waals surface area contributed by atoms with Gasteiger partial charge in [0.05, 0.1) is 18.1 Å². The van der Waals surface area contributed by atoms with Gasteiger partial charge in [0.25, 0.3) is 0 Å². The molecule has 0 aliphatic rings. The van der Waals surface area contributed by atoms with Crippen molar-refractivity contribution < 1.29 is 5.11 Å². The van der Waals surface area contributed by atoms with Crippen LogP contribution in [0.5, 0.6) is 0 Å². The van der Waals surface area contributed by atoms with Crippen LogP contribution in [0.1, 0.15) is 25.5 Å². The first-order chi connectivity index (χ1) is 7.95. The second-order valence-electron chi connectivity index (χ2n) is 4.29. The van der Waals surface area contributed by atoms with Crippen molar-refractivity contribution in [3.63, 3.8) is 0 Å². The molecule has 17 heavy (non-hydrogen) atoms. The Morgan fingerprint density at radius 1 is 1.47 bits per heavy atom. The number of anilines is 1. The summed E-state index contributed by atoms with van der Waals surface area (Å²) in [6, 6.07) is 7.99. The van der Waals surface area contributed by atoms with Gasteiger partial charge in [0.15, 0.2) is 0 Å². The lowest BCUT2D eigenvalue weighted by Gasteiger charge is -2.24. The van der Waals surface area contributed by atoms with Crippen molar-refractivity contribution >= 4 is 21.6 Å². The molecular weight excluding hydrogens is 280 g/mol. The second-order valence-corrected chi connectivity index (χ2v) is 5.21. The molecule has 0 saturated heterocycles. The van der Waals surface area contributed by atoms with Gasteiger partial charge in [-0.1, -0.05) is 22.0 Å². The van der Waals surface area contributed by atoms with Crippen LogP contribution in [0.2, 0.25) is 0 Å². The first-order valence-electron chi connectivity index (χ1n) is 5.54. The third-order valence-corrected chi connectivity index (χ3v) is 3.12. The van der Waals surface area contributed by atoms with Gasteiger partial charge in [0.2, 0.25) is 0 Å². The zero-order valence-corrected chi connectivity index (χ0v) is 11.9. The number of nitriles is 1. The topological polar surface area (TPSA) is 47.3 Å². The van der Waals surface area contributed by atoms with Gasteiger partial charge in [-0.05, 0) is 26.0 Å². The van der Waals surface area contributed by atoms with Crippen LogP contribution in [0, 0.1) is 17.2 Å². The Morgan fingerprint density at radius 2 is 2.12 bits per heavy atom. The Bertz CT molecular complexity index is 426. The molecule has 0 radical (unpaired) electrons. The molecule has 1 N–H and O–H groups in total. The molecule has 0 bridgehead atoms. The number of halogens is 1. The summed E-state index contributed by atoms with van der Waals surface area (Å²) in [5, 5.41) is 18.6. The normalized spacial score (nSPS) is 13.9. The summed E-state index contributed by atoms with van der Waals surface area (Å²) in [5.41, 5.74) is 1.83. The average Bonchev–Trinajstić information content (AvgIpc) is 2.28. The van der Waals surface area contributed by atoms with Crippen molar-refractivity contribution in [2.75, 3.05) is 18.5 Å². The fourth-order valence-electron chi connectivity index (χ4n) is 1.75. The first kappa shape index (κ1) is 14.0.